The van der Waals surface area contributed by atoms with Crippen LogP contribution in [0, 0.1) is 0 Å². The largest absolute Gasteiger partial charge is 0.355 e. The van der Waals surface area contributed by atoms with Gasteiger partial charge in [0.1, 0.15) is 6.54 Å². The molecule has 2 aromatic heterocycles. The van der Waals surface area contributed by atoms with Gasteiger partial charge in [-0.1, -0.05) is 24.3 Å². The molecule has 1 aliphatic heterocycles. The molecule has 4 aromatic rings. The summed E-state index contributed by atoms with van der Waals surface area (Å²) < 4.78 is 1.85. The third kappa shape index (κ3) is 4.26. The van der Waals surface area contributed by atoms with Crippen molar-refractivity contribution in [2.24, 2.45) is 0 Å². The van der Waals surface area contributed by atoms with Crippen LogP contribution in [0.15, 0.2) is 67.0 Å². The zero-order valence-electron chi connectivity index (χ0n) is 17.2. The highest BCUT2D eigenvalue weighted by Crippen LogP contribution is 2.22. The van der Waals surface area contributed by atoms with Crippen molar-refractivity contribution in [2.45, 2.75) is 25.8 Å². The average molecular weight is 412 g/mol. The van der Waals surface area contributed by atoms with E-state index in [-0.39, 0.29) is 12.5 Å². The second-order valence-corrected chi connectivity index (χ2v) is 7.81. The number of imidazole rings is 1. The minimum Gasteiger partial charge on any atom is -0.355 e. The molecule has 3 heterocycles. The highest BCUT2D eigenvalue weighted by molar-refractivity contribution is 5.91. The summed E-state index contributed by atoms with van der Waals surface area (Å²) >= 11 is 0. The van der Waals surface area contributed by atoms with Crippen LogP contribution >= 0.6 is 0 Å². The molecule has 1 aliphatic rings. The SMILES string of the molecule is O=C(Cn1cnc2ccccc21)Nc1ccc(-c2ccc(N3CCCCC3)nn2)cc1. The molecule has 0 aliphatic carbocycles. The van der Waals surface area contributed by atoms with Crippen LogP contribution in [-0.4, -0.2) is 38.7 Å². The van der Waals surface area contributed by atoms with Crippen molar-refractivity contribution in [1.29, 1.82) is 0 Å². The minimum absolute atomic E-state index is 0.0958. The second-order valence-electron chi connectivity index (χ2n) is 7.81. The van der Waals surface area contributed by atoms with Crippen LogP contribution in [-0.2, 0) is 11.3 Å². The Morgan fingerprint density at radius 1 is 0.903 bits per heavy atom. The molecule has 7 nitrogen and oxygen atoms in total. The number of hydrogen-bond acceptors (Lipinski definition) is 5. The predicted molar refractivity (Wildman–Crippen MR) is 122 cm³/mol. The highest BCUT2D eigenvalue weighted by atomic mass is 16.1. The Labute approximate surface area is 180 Å². The molecule has 5 rings (SSSR count). The maximum atomic E-state index is 12.5. The number of para-hydroxylation sites is 2. The summed E-state index contributed by atoms with van der Waals surface area (Å²) in [6, 6.07) is 19.5. The fourth-order valence-electron chi connectivity index (χ4n) is 3.99. The van der Waals surface area contributed by atoms with Gasteiger partial charge in [0, 0.05) is 24.3 Å². The van der Waals surface area contributed by atoms with Crippen LogP contribution in [0.4, 0.5) is 11.5 Å². The summed E-state index contributed by atoms with van der Waals surface area (Å²) in [5, 5.41) is 11.8. The number of rotatable bonds is 5. The van der Waals surface area contributed by atoms with Gasteiger partial charge < -0.3 is 14.8 Å². The Balaban J connectivity index is 1.23. The molecule has 0 atom stereocenters. The van der Waals surface area contributed by atoms with Gasteiger partial charge in [-0.05, 0) is 55.7 Å². The van der Waals surface area contributed by atoms with Gasteiger partial charge in [-0.25, -0.2) is 4.98 Å². The zero-order valence-corrected chi connectivity index (χ0v) is 17.2. The number of carbonyl (C=O) groups excluding carboxylic acids is 1. The summed E-state index contributed by atoms with van der Waals surface area (Å²) in [5.74, 6) is 0.848. The van der Waals surface area contributed by atoms with E-state index >= 15 is 0 Å². The number of aromatic nitrogens is 4. The maximum Gasteiger partial charge on any atom is 0.244 e. The summed E-state index contributed by atoms with van der Waals surface area (Å²) in [4.78, 5) is 19.1. The lowest BCUT2D eigenvalue weighted by Crippen LogP contribution is -2.30. The summed E-state index contributed by atoms with van der Waals surface area (Å²) in [6.07, 6.45) is 5.42. The van der Waals surface area contributed by atoms with Crippen molar-refractivity contribution >= 4 is 28.4 Å². The summed E-state index contributed by atoms with van der Waals surface area (Å²) in [6.45, 7) is 2.32. The van der Waals surface area contributed by atoms with Gasteiger partial charge in [-0.3, -0.25) is 4.79 Å². The molecule has 0 spiro atoms. The molecule has 0 saturated carbocycles. The molecular weight excluding hydrogens is 388 g/mol. The number of benzene rings is 2. The van der Waals surface area contributed by atoms with E-state index in [9.17, 15) is 4.79 Å². The van der Waals surface area contributed by atoms with Crippen molar-refractivity contribution in [3.05, 3.63) is 67.0 Å². The molecule has 31 heavy (non-hydrogen) atoms. The lowest BCUT2D eigenvalue weighted by molar-refractivity contribution is -0.116. The molecule has 156 valence electrons. The van der Waals surface area contributed by atoms with Crippen molar-refractivity contribution in [3.8, 4) is 11.3 Å². The van der Waals surface area contributed by atoms with Gasteiger partial charge in [0.25, 0.3) is 0 Å². The lowest BCUT2D eigenvalue weighted by Gasteiger charge is -2.27. The van der Waals surface area contributed by atoms with Crippen molar-refractivity contribution in [2.75, 3.05) is 23.3 Å². The molecule has 1 saturated heterocycles. The Bertz CT molecular complexity index is 1180. The number of piperidine rings is 1. The second kappa shape index (κ2) is 8.55. The molecule has 1 fully saturated rings. The zero-order chi connectivity index (χ0) is 21.0. The molecular formula is C24H24N6O. The highest BCUT2D eigenvalue weighted by Gasteiger charge is 2.13. The maximum absolute atomic E-state index is 12.5. The Hall–Kier alpha value is -3.74. The molecule has 2 aromatic carbocycles. The van der Waals surface area contributed by atoms with Crippen LogP contribution in [0.25, 0.3) is 22.3 Å². The average Bonchev–Trinajstić information content (AvgIpc) is 3.23. The van der Waals surface area contributed by atoms with Crippen molar-refractivity contribution in [3.63, 3.8) is 0 Å². The summed E-state index contributed by atoms with van der Waals surface area (Å²) in [5.41, 5.74) is 4.36. The van der Waals surface area contributed by atoms with Crippen LogP contribution in [0.5, 0.6) is 0 Å². The number of nitrogens with zero attached hydrogens (tertiary/aromatic N) is 5. The number of carbonyl (C=O) groups is 1. The van der Waals surface area contributed by atoms with Gasteiger partial charge in [0.15, 0.2) is 5.82 Å². The van der Waals surface area contributed by atoms with Gasteiger partial charge in [-0.15, -0.1) is 10.2 Å². The fraction of sp³-hybridized carbons (Fsp3) is 0.250. The topological polar surface area (TPSA) is 75.9 Å². The molecule has 1 amide bonds. The van der Waals surface area contributed by atoms with E-state index in [0.29, 0.717) is 0 Å². The Morgan fingerprint density at radius 3 is 2.48 bits per heavy atom. The van der Waals surface area contributed by atoms with Gasteiger partial charge in [0.2, 0.25) is 5.91 Å². The van der Waals surface area contributed by atoms with E-state index in [0.717, 1.165) is 46.9 Å². The third-order valence-corrected chi connectivity index (χ3v) is 5.64. The lowest BCUT2D eigenvalue weighted by atomic mass is 10.1. The number of fused-ring (bicyclic) bond motifs is 1. The van der Waals surface area contributed by atoms with Crippen molar-refractivity contribution in [1.82, 2.24) is 19.7 Å². The van der Waals surface area contributed by atoms with E-state index in [4.69, 9.17) is 0 Å². The Morgan fingerprint density at radius 2 is 1.71 bits per heavy atom. The van der Waals surface area contributed by atoms with E-state index in [1.54, 1.807) is 6.33 Å². The molecule has 1 N–H and O–H groups in total. The monoisotopic (exact) mass is 412 g/mol. The first kappa shape index (κ1) is 19.2. The van der Waals surface area contributed by atoms with Crippen LogP contribution in [0.1, 0.15) is 19.3 Å². The van der Waals surface area contributed by atoms with Crippen molar-refractivity contribution < 1.29 is 4.79 Å². The molecule has 0 bridgehead atoms. The van der Waals surface area contributed by atoms with Gasteiger partial charge in [0.05, 0.1) is 23.1 Å². The Kier molecular flexibility index (Phi) is 5.31. The molecule has 7 heteroatoms. The van der Waals surface area contributed by atoms with Gasteiger partial charge >= 0.3 is 0 Å². The van der Waals surface area contributed by atoms with E-state index < -0.39 is 0 Å². The predicted octanol–water partition coefficient (Wildman–Crippen LogP) is 4.12. The minimum atomic E-state index is -0.0958. The first-order valence-corrected chi connectivity index (χ1v) is 10.7. The van der Waals surface area contributed by atoms with Crippen LogP contribution in [0.3, 0.4) is 0 Å². The number of anilines is 2. The standard InChI is InChI=1S/C24H24N6O/c31-24(16-30-17-25-21-6-2-3-7-22(21)30)26-19-10-8-18(9-11-19)20-12-13-23(28-27-20)29-14-4-1-5-15-29/h2-3,6-13,17H,1,4-5,14-16H2,(H,26,31). The fourth-order valence-corrected chi connectivity index (χ4v) is 3.99. The number of hydrogen-bond donors (Lipinski definition) is 1. The van der Waals surface area contributed by atoms with Crippen LogP contribution < -0.4 is 10.2 Å². The van der Waals surface area contributed by atoms with E-state index in [1.165, 1.54) is 19.3 Å². The number of amides is 1. The molecule has 0 unspecified atom stereocenters. The quantitative estimate of drug-likeness (QED) is 0.534. The normalized spacial score (nSPS) is 14.0. The van der Waals surface area contributed by atoms with Crippen LogP contribution in [0.2, 0.25) is 0 Å². The van der Waals surface area contributed by atoms with Gasteiger partial charge in [-0.2, -0.15) is 0 Å². The smallest absolute Gasteiger partial charge is 0.244 e. The van der Waals surface area contributed by atoms with E-state index in [2.05, 4.69) is 25.4 Å². The number of nitrogens with one attached hydrogen (secondary N) is 1. The molecule has 0 radical (unpaired) electrons. The first-order chi connectivity index (χ1) is 15.3. The third-order valence-electron chi connectivity index (χ3n) is 5.64. The van der Waals surface area contributed by atoms with E-state index in [1.807, 2.05) is 65.2 Å². The summed E-state index contributed by atoms with van der Waals surface area (Å²) in [7, 11) is 0. The first-order valence-electron chi connectivity index (χ1n) is 10.7.